The van der Waals surface area contributed by atoms with Crippen LogP contribution in [0.3, 0.4) is 0 Å². The van der Waals surface area contributed by atoms with E-state index in [2.05, 4.69) is 51.7 Å². The fraction of sp³-hybridized carbons (Fsp3) is 0.722. The average molecular weight is 344 g/mol. The minimum atomic E-state index is 0.382. The predicted molar refractivity (Wildman–Crippen MR) is 97.1 cm³/mol. The Kier molecular flexibility index (Phi) is 4.60. The third-order valence-corrected chi connectivity index (χ3v) is 5.52. The molecule has 2 aromatic heterocycles. The maximum Gasteiger partial charge on any atom is 0.254 e. The van der Waals surface area contributed by atoms with E-state index < -0.39 is 0 Å². The van der Waals surface area contributed by atoms with Crippen molar-refractivity contribution >= 4 is 11.6 Å². The molecule has 0 spiro atoms. The van der Waals surface area contributed by atoms with Gasteiger partial charge in [0.15, 0.2) is 0 Å². The average Bonchev–Trinajstić information content (AvgIpc) is 3.10. The van der Waals surface area contributed by atoms with E-state index in [1.54, 1.807) is 6.33 Å². The first kappa shape index (κ1) is 16.7. The molecular weight excluding hydrogens is 316 g/mol. The van der Waals surface area contributed by atoms with Gasteiger partial charge in [-0.25, -0.2) is 4.98 Å². The lowest BCUT2D eigenvalue weighted by Crippen LogP contribution is -2.53. The van der Waals surface area contributed by atoms with Gasteiger partial charge in [-0.15, -0.1) is 0 Å². The fourth-order valence-electron chi connectivity index (χ4n) is 4.04. The molecule has 0 saturated carbocycles. The molecule has 0 aromatic carbocycles. The summed E-state index contributed by atoms with van der Waals surface area (Å²) in [5.41, 5.74) is 1.08. The molecule has 0 radical (unpaired) electrons. The van der Waals surface area contributed by atoms with Crippen LogP contribution in [0, 0.1) is 0 Å². The predicted octanol–water partition coefficient (Wildman–Crippen LogP) is 1.94. The molecule has 0 amide bonds. The first-order chi connectivity index (χ1) is 12.1. The Hall–Kier alpha value is -1.73. The van der Waals surface area contributed by atoms with Gasteiger partial charge in [-0.2, -0.15) is 14.6 Å². The first-order valence-corrected chi connectivity index (χ1v) is 9.42. The molecule has 1 atom stereocenters. The largest absolute Gasteiger partial charge is 0.379 e. The van der Waals surface area contributed by atoms with Gasteiger partial charge in [-0.3, -0.25) is 4.90 Å². The van der Waals surface area contributed by atoms with Crippen LogP contribution in [0.1, 0.15) is 45.2 Å². The van der Waals surface area contributed by atoms with Gasteiger partial charge in [0.1, 0.15) is 12.1 Å². The van der Waals surface area contributed by atoms with Gasteiger partial charge in [0.05, 0.1) is 18.9 Å². The van der Waals surface area contributed by atoms with E-state index in [1.165, 1.54) is 12.8 Å². The van der Waals surface area contributed by atoms with Crippen LogP contribution in [0.4, 0.5) is 5.82 Å². The number of hydrogen-bond acceptors (Lipinski definition) is 6. The van der Waals surface area contributed by atoms with Crippen molar-refractivity contribution in [1.82, 2.24) is 24.5 Å². The monoisotopic (exact) mass is 344 g/mol. The highest BCUT2D eigenvalue weighted by Gasteiger charge is 2.30. The molecule has 4 heterocycles. The molecule has 0 N–H and O–H groups in total. The number of rotatable bonds is 3. The molecule has 2 aromatic rings. The molecule has 2 aliphatic heterocycles. The summed E-state index contributed by atoms with van der Waals surface area (Å²) in [4.78, 5) is 14.0. The first-order valence-electron chi connectivity index (χ1n) is 9.42. The van der Waals surface area contributed by atoms with Gasteiger partial charge in [-0.05, 0) is 25.7 Å². The Morgan fingerprint density at radius 2 is 2.00 bits per heavy atom. The van der Waals surface area contributed by atoms with Crippen LogP contribution in [0.15, 0.2) is 12.4 Å². The van der Waals surface area contributed by atoms with Crippen LogP contribution in [-0.2, 0) is 4.74 Å². The quantitative estimate of drug-likeness (QED) is 0.848. The smallest absolute Gasteiger partial charge is 0.254 e. The Morgan fingerprint density at radius 1 is 1.20 bits per heavy atom. The van der Waals surface area contributed by atoms with Crippen LogP contribution >= 0.6 is 0 Å². The van der Waals surface area contributed by atoms with Crippen LogP contribution in [0.2, 0.25) is 0 Å². The fourth-order valence-corrected chi connectivity index (χ4v) is 4.04. The van der Waals surface area contributed by atoms with E-state index in [0.717, 1.165) is 44.4 Å². The SMILES string of the molecule is CC(C)c1cc(N2CCC(N3CCOCC3C)CC2)n2ncnc2n1. The Bertz CT molecular complexity index is 721. The lowest BCUT2D eigenvalue weighted by Gasteiger charge is -2.43. The van der Waals surface area contributed by atoms with Gasteiger partial charge < -0.3 is 9.64 Å². The molecule has 2 saturated heterocycles. The van der Waals surface area contributed by atoms with Gasteiger partial charge in [0.25, 0.3) is 5.78 Å². The van der Waals surface area contributed by atoms with Crippen molar-refractivity contribution in [3.63, 3.8) is 0 Å². The number of aromatic nitrogens is 4. The number of piperidine rings is 1. The minimum absolute atomic E-state index is 0.382. The highest BCUT2D eigenvalue weighted by atomic mass is 16.5. The summed E-state index contributed by atoms with van der Waals surface area (Å²) in [5, 5.41) is 4.39. The minimum Gasteiger partial charge on any atom is -0.379 e. The summed E-state index contributed by atoms with van der Waals surface area (Å²) in [7, 11) is 0. The lowest BCUT2D eigenvalue weighted by atomic mass is 10.0. The molecular formula is C18H28N6O. The molecule has 7 nitrogen and oxygen atoms in total. The van der Waals surface area contributed by atoms with E-state index >= 15 is 0 Å². The second-order valence-electron chi connectivity index (χ2n) is 7.55. The van der Waals surface area contributed by atoms with Crippen LogP contribution in [0.25, 0.3) is 5.78 Å². The zero-order valence-corrected chi connectivity index (χ0v) is 15.4. The molecule has 0 aliphatic carbocycles. The molecule has 136 valence electrons. The molecule has 4 rings (SSSR count). The molecule has 1 unspecified atom stereocenters. The van der Waals surface area contributed by atoms with Crippen molar-refractivity contribution in [2.75, 3.05) is 37.7 Å². The van der Waals surface area contributed by atoms with Crippen LogP contribution in [-0.4, -0.2) is 69.4 Å². The number of anilines is 1. The molecule has 2 aliphatic rings. The maximum atomic E-state index is 5.59. The topological polar surface area (TPSA) is 58.8 Å². The van der Waals surface area contributed by atoms with Crippen molar-refractivity contribution in [2.24, 2.45) is 0 Å². The molecule has 2 fully saturated rings. The van der Waals surface area contributed by atoms with Gasteiger partial charge in [-0.1, -0.05) is 13.8 Å². The highest BCUT2D eigenvalue weighted by molar-refractivity contribution is 5.48. The zero-order chi connectivity index (χ0) is 17.4. The summed E-state index contributed by atoms with van der Waals surface area (Å²) in [6.45, 7) is 11.5. The van der Waals surface area contributed by atoms with Crippen LogP contribution < -0.4 is 4.90 Å². The van der Waals surface area contributed by atoms with E-state index in [9.17, 15) is 0 Å². The number of morpholine rings is 1. The van der Waals surface area contributed by atoms with E-state index in [4.69, 9.17) is 4.74 Å². The zero-order valence-electron chi connectivity index (χ0n) is 15.4. The normalized spacial score (nSPS) is 23.7. The van der Waals surface area contributed by atoms with Crippen molar-refractivity contribution in [3.05, 3.63) is 18.1 Å². The van der Waals surface area contributed by atoms with Crippen molar-refractivity contribution in [3.8, 4) is 0 Å². The summed E-state index contributed by atoms with van der Waals surface area (Å²) < 4.78 is 7.47. The lowest BCUT2D eigenvalue weighted by molar-refractivity contribution is -0.0265. The second-order valence-corrected chi connectivity index (χ2v) is 7.55. The standard InChI is InChI=1S/C18H28N6O/c1-13(2)16-10-17(24-18(21-16)19-12-20-24)22-6-4-15(5-7-22)23-8-9-25-11-14(23)3/h10,12-15H,4-9,11H2,1-3H3. The van der Waals surface area contributed by atoms with E-state index in [0.29, 0.717) is 23.8 Å². The third-order valence-electron chi connectivity index (χ3n) is 5.52. The van der Waals surface area contributed by atoms with Crippen molar-refractivity contribution in [2.45, 2.75) is 51.6 Å². The summed E-state index contributed by atoms with van der Waals surface area (Å²) >= 11 is 0. The number of ether oxygens (including phenoxy) is 1. The van der Waals surface area contributed by atoms with E-state index in [-0.39, 0.29) is 0 Å². The molecule has 7 heteroatoms. The number of nitrogens with zero attached hydrogens (tertiary/aromatic N) is 6. The third kappa shape index (κ3) is 3.22. The maximum absolute atomic E-state index is 5.59. The summed E-state index contributed by atoms with van der Waals surface area (Å²) in [6.07, 6.45) is 3.96. The second kappa shape index (κ2) is 6.88. The Balaban J connectivity index is 1.52. The van der Waals surface area contributed by atoms with Crippen LogP contribution in [0.5, 0.6) is 0 Å². The number of fused-ring (bicyclic) bond motifs is 1. The summed E-state index contributed by atoms with van der Waals surface area (Å²) in [6, 6.07) is 3.37. The Labute approximate surface area is 149 Å². The van der Waals surface area contributed by atoms with Gasteiger partial charge in [0, 0.05) is 37.8 Å². The van der Waals surface area contributed by atoms with E-state index in [1.807, 2.05) is 4.52 Å². The highest BCUT2D eigenvalue weighted by Crippen LogP contribution is 2.26. The molecule has 25 heavy (non-hydrogen) atoms. The molecule has 0 bridgehead atoms. The van der Waals surface area contributed by atoms with Gasteiger partial charge in [0.2, 0.25) is 0 Å². The summed E-state index contributed by atoms with van der Waals surface area (Å²) in [5.74, 6) is 2.21. The number of hydrogen-bond donors (Lipinski definition) is 0. The van der Waals surface area contributed by atoms with Gasteiger partial charge >= 0.3 is 0 Å². The Morgan fingerprint density at radius 3 is 2.72 bits per heavy atom. The van der Waals surface area contributed by atoms with Crippen molar-refractivity contribution in [1.29, 1.82) is 0 Å². The van der Waals surface area contributed by atoms with Crippen molar-refractivity contribution < 1.29 is 4.74 Å².